The van der Waals surface area contributed by atoms with Gasteiger partial charge in [-0.2, -0.15) is 0 Å². The van der Waals surface area contributed by atoms with Crippen LogP contribution in [0.2, 0.25) is 5.02 Å². The number of benzene rings is 2. The summed E-state index contributed by atoms with van der Waals surface area (Å²) in [4.78, 5) is 24.5. The van der Waals surface area contributed by atoms with Crippen molar-refractivity contribution in [3.8, 4) is 0 Å². The van der Waals surface area contributed by atoms with E-state index >= 15 is 0 Å². The molecule has 2 amide bonds. The molecule has 3 rings (SSSR count). The van der Waals surface area contributed by atoms with Crippen molar-refractivity contribution in [2.24, 2.45) is 5.92 Å². The number of carbonyl (C=O) groups is 2. The molecule has 0 heterocycles. The summed E-state index contributed by atoms with van der Waals surface area (Å²) in [7, 11) is 0. The Morgan fingerprint density at radius 1 is 1.04 bits per heavy atom. The predicted octanol–water partition coefficient (Wildman–Crippen LogP) is 4.93. The summed E-state index contributed by atoms with van der Waals surface area (Å²) in [5.74, 6) is -0.596. The van der Waals surface area contributed by atoms with Crippen LogP contribution in [-0.4, -0.2) is 11.8 Å². The lowest BCUT2D eigenvalue weighted by Gasteiger charge is -2.20. The van der Waals surface area contributed by atoms with Crippen LogP contribution in [0, 0.1) is 11.7 Å². The van der Waals surface area contributed by atoms with E-state index in [1.807, 2.05) is 12.1 Å². The van der Waals surface area contributed by atoms with Crippen LogP contribution >= 0.6 is 11.6 Å². The standard InChI is InChI=1S/C21H22ClFN2O2/c22-18-12-17(10-11-19(18)23)25-21(27)16-8-6-14(7-9-16)13-24-20(26)15-4-2-1-3-5-15/h6-12,15H,1-5,13H2,(H,24,26)(H,25,27). The van der Waals surface area contributed by atoms with Crippen molar-refractivity contribution in [2.45, 2.75) is 38.6 Å². The molecule has 2 N–H and O–H groups in total. The summed E-state index contributed by atoms with van der Waals surface area (Å²) >= 11 is 5.72. The highest BCUT2D eigenvalue weighted by Gasteiger charge is 2.20. The Bertz CT molecular complexity index is 817. The maximum Gasteiger partial charge on any atom is 0.255 e. The molecule has 6 heteroatoms. The molecule has 2 aromatic rings. The van der Waals surface area contributed by atoms with E-state index in [1.165, 1.54) is 24.6 Å². The van der Waals surface area contributed by atoms with Crippen LogP contribution < -0.4 is 10.6 Å². The Kier molecular flexibility index (Phi) is 6.45. The maximum atomic E-state index is 13.2. The topological polar surface area (TPSA) is 58.2 Å². The number of rotatable bonds is 5. The first kappa shape index (κ1) is 19.4. The van der Waals surface area contributed by atoms with Crippen LogP contribution in [-0.2, 0) is 11.3 Å². The van der Waals surface area contributed by atoms with Gasteiger partial charge in [-0.25, -0.2) is 4.39 Å². The molecule has 2 aromatic carbocycles. The Morgan fingerprint density at radius 3 is 2.41 bits per heavy atom. The number of nitrogens with one attached hydrogen (secondary N) is 2. The third-order valence-electron chi connectivity index (χ3n) is 4.84. The number of carbonyl (C=O) groups excluding carboxylic acids is 2. The third-order valence-corrected chi connectivity index (χ3v) is 5.13. The molecule has 1 fully saturated rings. The van der Waals surface area contributed by atoms with Crippen LogP contribution in [0.5, 0.6) is 0 Å². The van der Waals surface area contributed by atoms with Crippen molar-refractivity contribution in [3.63, 3.8) is 0 Å². The van der Waals surface area contributed by atoms with Gasteiger partial charge in [0.2, 0.25) is 5.91 Å². The molecule has 0 radical (unpaired) electrons. The molecule has 0 spiro atoms. The third kappa shape index (κ3) is 5.30. The first-order chi connectivity index (χ1) is 13.0. The van der Waals surface area contributed by atoms with Crippen LogP contribution in [0.1, 0.15) is 48.0 Å². The van der Waals surface area contributed by atoms with Gasteiger partial charge in [0.05, 0.1) is 5.02 Å². The van der Waals surface area contributed by atoms with E-state index in [2.05, 4.69) is 10.6 Å². The van der Waals surface area contributed by atoms with E-state index in [0.717, 1.165) is 31.2 Å². The molecule has 0 unspecified atom stereocenters. The second kappa shape index (κ2) is 9.00. The van der Waals surface area contributed by atoms with E-state index in [4.69, 9.17) is 11.6 Å². The van der Waals surface area contributed by atoms with Crippen molar-refractivity contribution in [2.75, 3.05) is 5.32 Å². The summed E-state index contributed by atoms with van der Waals surface area (Å²) in [6, 6.07) is 11.0. The summed E-state index contributed by atoms with van der Waals surface area (Å²) in [6.07, 6.45) is 5.41. The minimum atomic E-state index is -0.533. The van der Waals surface area contributed by atoms with E-state index in [0.29, 0.717) is 17.8 Å². The Hall–Kier alpha value is -2.40. The molecule has 1 aliphatic rings. The molecular formula is C21H22ClFN2O2. The van der Waals surface area contributed by atoms with Crippen molar-refractivity contribution >= 4 is 29.1 Å². The minimum absolute atomic E-state index is 0.0446. The zero-order valence-electron chi connectivity index (χ0n) is 14.9. The first-order valence-corrected chi connectivity index (χ1v) is 9.54. The quantitative estimate of drug-likeness (QED) is 0.763. The highest BCUT2D eigenvalue weighted by Crippen LogP contribution is 2.24. The van der Waals surface area contributed by atoms with Gasteiger partial charge in [0, 0.05) is 23.7 Å². The Balaban J connectivity index is 1.53. The average Bonchev–Trinajstić information content (AvgIpc) is 2.70. The molecule has 0 bridgehead atoms. The first-order valence-electron chi connectivity index (χ1n) is 9.16. The van der Waals surface area contributed by atoms with Crippen molar-refractivity contribution in [1.82, 2.24) is 5.32 Å². The maximum absolute atomic E-state index is 13.2. The highest BCUT2D eigenvalue weighted by atomic mass is 35.5. The second-order valence-corrected chi connectivity index (χ2v) is 7.24. The van der Waals surface area contributed by atoms with Gasteiger partial charge >= 0.3 is 0 Å². The van der Waals surface area contributed by atoms with Gasteiger partial charge in [0.15, 0.2) is 0 Å². The van der Waals surface area contributed by atoms with E-state index in [-0.39, 0.29) is 22.8 Å². The number of halogens is 2. The Morgan fingerprint density at radius 2 is 1.74 bits per heavy atom. The predicted molar refractivity (Wildman–Crippen MR) is 104 cm³/mol. The summed E-state index contributed by atoms with van der Waals surface area (Å²) in [5, 5.41) is 5.61. The smallest absolute Gasteiger partial charge is 0.255 e. The Labute approximate surface area is 163 Å². The van der Waals surface area contributed by atoms with Crippen molar-refractivity contribution in [3.05, 3.63) is 64.4 Å². The van der Waals surface area contributed by atoms with Crippen molar-refractivity contribution < 1.29 is 14.0 Å². The van der Waals surface area contributed by atoms with Gasteiger partial charge in [0.1, 0.15) is 5.82 Å². The van der Waals surface area contributed by atoms with Crippen LogP contribution in [0.3, 0.4) is 0 Å². The molecule has 0 saturated heterocycles. The van der Waals surface area contributed by atoms with Gasteiger partial charge in [-0.1, -0.05) is 43.0 Å². The van der Waals surface area contributed by atoms with Gasteiger partial charge in [-0.15, -0.1) is 0 Å². The van der Waals surface area contributed by atoms with Crippen LogP contribution in [0.4, 0.5) is 10.1 Å². The fraction of sp³-hybridized carbons (Fsp3) is 0.333. The molecule has 1 aliphatic carbocycles. The van der Waals surface area contributed by atoms with Crippen LogP contribution in [0.15, 0.2) is 42.5 Å². The van der Waals surface area contributed by atoms with Gasteiger partial charge in [0.25, 0.3) is 5.91 Å². The molecule has 27 heavy (non-hydrogen) atoms. The number of hydrogen-bond donors (Lipinski definition) is 2. The van der Waals surface area contributed by atoms with Gasteiger partial charge < -0.3 is 10.6 Å². The van der Waals surface area contributed by atoms with Crippen LogP contribution in [0.25, 0.3) is 0 Å². The lowest BCUT2D eigenvalue weighted by molar-refractivity contribution is -0.126. The fourth-order valence-corrected chi connectivity index (χ4v) is 3.43. The molecule has 0 aromatic heterocycles. The van der Waals surface area contributed by atoms with E-state index in [9.17, 15) is 14.0 Å². The molecule has 4 nitrogen and oxygen atoms in total. The zero-order chi connectivity index (χ0) is 19.2. The molecule has 0 aliphatic heterocycles. The monoisotopic (exact) mass is 388 g/mol. The summed E-state index contributed by atoms with van der Waals surface area (Å²) in [5.41, 5.74) is 1.83. The molecule has 1 saturated carbocycles. The zero-order valence-corrected chi connectivity index (χ0v) is 15.7. The number of anilines is 1. The van der Waals surface area contributed by atoms with Gasteiger partial charge in [-0.05, 0) is 48.7 Å². The average molecular weight is 389 g/mol. The van der Waals surface area contributed by atoms with E-state index < -0.39 is 5.82 Å². The number of amides is 2. The fourth-order valence-electron chi connectivity index (χ4n) is 3.25. The molecule has 0 atom stereocenters. The minimum Gasteiger partial charge on any atom is -0.352 e. The lowest BCUT2D eigenvalue weighted by Crippen LogP contribution is -2.31. The lowest BCUT2D eigenvalue weighted by atomic mass is 9.88. The highest BCUT2D eigenvalue weighted by molar-refractivity contribution is 6.31. The normalized spacial score (nSPS) is 14.6. The molecule has 142 valence electrons. The summed E-state index contributed by atoms with van der Waals surface area (Å²) in [6.45, 7) is 0.449. The SMILES string of the molecule is O=C(Nc1ccc(F)c(Cl)c1)c1ccc(CNC(=O)C2CCCCC2)cc1. The second-order valence-electron chi connectivity index (χ2n) is 6.83. The summed E-state index contributed by atoms with van der Waals surface area (Å²) < 4.78 is 13.2. The largest absolute Gasteiger partial charge is 0.352 e. The van der Waals surface area contributed by atoms with Gasteiger partial charge in [-0.3, -0.25) is 9.59 Å². The van der Waals surface area contributed by atoms with Crippen molar-refractivity contribution in [1.29, 1.82) is 0 Å². The van der Waals surface area contributed by atoms with E-state index in [1.54, 1.807) is 12.1 Å². The number of hydrogen-bond acceptors (Lipinski definition) is 2. The molecular weight excluding hydrogens is 367 g/mol.